The van der Waals surface area contributed by atoms with Gasteiger partial charge in [0.25, 0.3) is 5.56 Å². The number of aliphatic hydroxyl groups is 1. The number of carbonyl (C=O) groups excluding carboxylic acids is 1. The molecule has 6 nitrogen and oxygen atoms in total. The number of morpholine rings is 1. The third kappa shape index (κ3) is 4.15. The van der Waals surface area contributed by atoms with Crippen molar-refractivity contribution in [3.63, 3.8) is 0 Å². The van der Waals surface area contributed by atoms with Gasteiger partial charge in [0.15, 0.2) is 0 Å². The number of rotatable bonds is 5. The fraction of sp³-hybridized carbons (Fsp3) is 0.368. The number of hydrogen-bond acceptors (Lipinski definition) is 4. The lowest BCUT2D eigenvalue weighted by Gasteiger charge is -2.42. The fourth-order valence-electron chi connectivity index (χ4n) is 3.12. The molecule has 1 fully saturated rings. The van der Waals surface area contributed by atoms with Gasteiger partial charge in [0.2, 0.25) is 5.91 Å². The molecule has 1 aromatic heterocycles. The highest BCUT2D eigenvalue weighted by Gasteiger charge is 2.38. The molecule has 3 rings (SSSR count). The summed E-state index contributed by atoms with van der Waals surface area (Å²) < 4.78 is 7.25. The number of aromatic nitrogens is 1. The van der Waals surface area contributed by atoms with Crippen molar-refractivity contribution in [2.45, 2.75) is 18.6 Å². The molecule has 0 unspecified atom stereocenters. The van der Waals surface area contributed by atoms with Gasteiger partial charge >= 0.3 is 0 Å². The summed E-state index contributed by atoms with van der Waals surface area (Å²) >= 11 is 0. The first kappa shape index (κ1) is 17.4. The summed E-state index contributed by atoms with van der Waals surface area (Å²) in [6, 6.07) is 14.6. The Morgan fingerprint density at radius 3 is 2.64 bits per heavy atom. The van der Waals surface area contributed by atoms with Crippen LogP contribution >= 0.6 is 0 Å². The van der Waals surface area contributed by atoms with Gasteiger partial charge in [-0.15, -0.1) is 0 Å². The smallest absolute Gasteiger partial charge is 0.250 e. The second kappa shape index (κ2) is 7.63. The lowest BCUT2D eigenvalue weighted by molar-refractivity contribution is -0.158. The first-order valence-corrected chi connectivity index (χ1v) is 8.34. The summed E-state index contributed by atoms with van der Waals surface area (Å²) in [7, 11) is 0. The van der Waals surface area contributed by atoms with Crippen LogP contribution in [0.4, 0.5) is 0 Å². The van der Waals surface area contributed by atoms with E-state index in [4.69, 9.17) is 4.74 Å². The van der Waals surface area contributed by atoms with E-state index >= 15 is 0 Å². The lowest BCUT2D eigenvalue weighted by atomic mass is 9.93. The third-order valence-corrected chi connectivity index (χ3v) is 4.46. The van der Waals surface area contributed by atoms with Gasteiger partial charge in [0.05, 0.1) is 19.8 Å². The Hall–Kier alpha value is -2.44. The molecular formula is C19H22N2O4. The number of carbonyl (C=O) groups is 1. The molecule has 132 valence electrons. The zero-order chi connectivity index (χ0) is 17.7. The van der Waals surface area contributed by atoms with E-state index in [9.17, 15) is 14.7 Å². The Labute approximate surface area is 146 Å². The van der Waals surface area contributed by atoms with Crippen LogP contribution in [0.25, 0.3) is 0 Å². The predicted octanol–water partition coefficient (Wildman–Crippen LogP) is 0.681. The molecule has 2 aromatic rings. The predicted molar refractivity (Wildman–Crippen MR) is 93.2 cm³/mol. The molecule has 0 radical (unpaired) electrons. The molecule has 1 saturated heterocycles. The first-order valence-electron chi connectivity index (χ1n) is 8.34. The van der Waals surface area contributed by atoms with Gasteiger partial charge in [-0.2, -0.15) is 0 Å². The van der Waals surface area contributed by atoms with E-state index in [1.54, 1.807) is 23.2 Å². The molecule has 0 spiro atoms. The van der Waals surface area contributed by atoms with E-state index in [0.717, 1.165) is 5.56 Å². The minimum atomic E-state index is -0.809. The van der Waals surface area contributed by atoms with Crippen molar-refractivity contribution in [3.8, 4) is 0 Å². The molecule has 0 saturated carbocycles. The minimum absolute atomic E-state index is 0.00742. The minimum Gasteiger partial charge on any atom is -0.393 e. The molecule has 2 heterocycles. The van der Waals surface area contributed by atoms with Crippen molar-refractivity contribution in [3.05, 3.63) is 70.6 Å². The van der Waals surface area contributed by atoms with Crippen LogP contribution in [0.5, 0.6) is 0 Å². The Balaban J connectivity index is 1.71. The largest absolute Gasteiger partial charge is 0.393 e. The standard InChI is InChI=1S/C19H22N2O4/c22-15-19(12-16-6-2-1-3-7-16)14-21(10-11-25-19)18(24)13-20-9-5-4-8-17(20)23/h1-9,22H,10-15H2/t19-/m1/s1. The van der Waals surface area contributed by atoms with E-state index in [-0.39, 0.29) is 24.6 Å². The second-order valence-electron chi connectivity index (χ2n) is 6.33. The van der Waals surface area contributed by atoms with Gasteiger partial charge in [-0.3, -0.25) is 9.59 Å². The number of nitrogens with zero attached hydrogens (tertiary/aromatic N) is 2. The van der Waals surface area contributed by atoms with Crippen LogP contribution in [-0.4, -0.2) is 52.4 Å². The van der Waals surface area contributed by atoms with Crippen LogP contribution in [0.15, 0.2) is 59.5 Å². The Bertz CT molecular complexity index is 774. The Kier molecular flexibility index (Phi) is 5.31. The summed E-state index contributed by atoms with van der Waals surface area (Å²) in [4.78, 5) is 26.1. The maximum atomic E-state index is 12.6. The van der Waals surface area contributed by atoms with Gasteiger partial charge in [0, 0.05) is 25.2 Å². The molecule has 1 aliphatic rings. The molecule has 1 atom stereocenters. The molecule has 1 amide bonds. The van der Waals surface area contributed by atoms with Gasteiger partial charge in [-0.25, -0.2) is 0 Å². The molecule has 0 aliphatic carbocycles. The van der Waals surface area contributed by atoms with Crippen LogP contribution in [0.1, 0.15) is 5.56 Å². The molecule has 0 bridgehead atoms. The van der Waals surface area contributed by atoms with E-state index in [1.807, 2.05) is 30.3 Å². The Morgan fingerprint density at radius 1 is 1.16 bits per heavy atom. The molecule has 1 N–H and O–H groups in total. The SMILES string of the molecule is O=C(Cn1ccccc1=O)N1CCO[C@](CO)(Cc2ccccc2)C1. The number of aliphatic hydroxyl groups excluding tert-OH is 1. The topological polar surface area (TPSA) is 71.8 Å². The normalized spacial score (nSPS) is 20.4. The van der Waals surface area contributed by atoms with Gasteiger partial charge in [0.1, 0.15) is 12.1 Å². The van der Waals surface area contributed by atoms with Crippen LogP contribution in [0.3, 0.4) is 0 Å². The second-order valence-corrected chi connectivity index (χ2v) is 6.33. The molecule has 25 heavy (non-hydrogen) atoms. The van der Waals surface area contributed by atoms with Crippen LogP contribution in [0.2, 0.25) is 0 Å². The van der Waals surface area contributed by atoms with Crippen molar-refractivity contribution in [1.29, 1.82) is 0 Å². The average Bonchev–Trinajstić information content (AvgIpc) is 2.64. The van der Waals surface area contributed by atoms with Crippen molar-refractivity contribution < 1.29 is 14.6 Å². The van der Waals surface area contributed by atoms with E-state index in [2.05, 4.69) is 0 Å². The van der Waals surface area contributed by atoms with Crippen LogP contribution in [-0.2, 0) is 22.5 Å². The van der Waals surface area contributed by atoms with E-state index in [1.165, 1.54) is 10.6 Å². The summed E-state index contributed by atoms with van der Waals surface area (Å²) in [5, 5.41) is 9.92. The van der Waals surface area contributed by atoms with Crippen molar-refractivity contribution in [2.75, 3.05) is 26.3 Å². The van der Waals surface area contributed by atoms with Crippen molar-refractivity contribution in [1.82, 2.24) is 9.47 Å². The Morgan fingerprint density at radius 2 is 1.92 bits per heavy atom. The van der Waals surface area contributed by atoms with Crippen LogP contribution in [0, 0.1) is 0 Å². The number of amides is 1. The summed E-state index contributed by atoms with van der Waals surface area (Å²) in [6.07, 6.45) is 2.13. The van der Waals surface area contributed by atoms with E-state index < -0.39 is 5.60 Å². The number of hydrogen-bond donors (Lipinski definition) is 1. The highest BCUT2D eigenvalue weighted by molar-refractivity contribution is 5.76. The van der Waals surface area contributed by atoms with Gasteiger partial charge in [-0.1, -0.05) is 36.4 Å². The van der Waals surface area contributed by atoms with Crippen molar-refractivity contribution in [2.24, 2.45) is 0 Å². The number of pyridine rings is 1. The maximum absolute atomic E-state index is 12.6. The fourth-order valence-corrected chi connectivity index (χ4v) is 3.12. The van der Waals surface area contributed by atoms with Gasteiger partial charge < -0.3 is 19.3 Å². The number of ether oxygens (including phenoxy) is 1. The summed E-state index contributed by atoms with van der Waals surface area (Å²) in [5.74, 6) is -0.150. The van der Waals surface area contributed by atoms with Crippen molar-refractivity contribution >= 4 is 5.91 Å². The highest BCUT2D eigenvalue weighted by atomic mass is 16.5. The molecule has 6 heteroatoms. The summed E-state index contributed by atoms with van der Waals surface area (Å²) in [5.41, 5.74) is 0.0311. The highest BCUT2D eigenvalue weighted by Crippen LogP contribution is 2.23. The summed E-state index contributed by atoms with van der Waals surface area (Å²) in [6.45, 7) is 0.946. The number of benzene rings is 1. The molecule has 1 aromatic carbocycles. The molecular weight excluding hydrogens is 320 g/mol. The van der Waals surface area contributed by atoms with Gasteiger partial charge in [-0.05, 0) is 11.6 Å². The third-order valence-electron chi connectivity index (χ3n) is 4.46. The lowest BCUT2D eigenvalue weighted by Crippen LogP contribution is -2.57. The quantitative estimate of drug-likeness (QED) is 0.867. The van der Waals surface area contributed by atoms with E-state index in [0.29, 0.717) is 26.1 Å². The first-order chi connectivity index (χ1) is 12.1. The average molecular weight is 342 g/mol. The zero-order valence-electron chi connectivity index (χ0n) is 14.0. The zero-order valence-corrected chi connectivity index (χ0v) is 14.0. The molecule has 1 aliphatic heterocycles. The maximum Gasteiger partial charge on any atom is 0.250 e. The van der Waals surface area contributed by atoms with Crippen LogP contribution < -0.4 is 5.56 Å². The monoisotopic (exact) mass is 342 g/mol.